The van der Waals surface area contributed by atoms with Gasteiger partial charge in [0.25, 0.3) is 12.4 Å². The van der Waals surface area contributed by atoms with E-state index in [1.54, 1.807) is 0 Å². The van der Waals surface area contributed by atoms with Gasteiger partial charge < -0.3 is 79.1 Å². The number of rotatable bonds is 38. The normalized spacial score (nSPS) is 13.5. The zero-order valence-electron chi connectivity index (χ0n) is 92.0. The molecule has 7 aromatic rings. The molecule has 0 spiro atoms. The first-order valence-corrected chi connectivity index (χ1v) is 60.2. The van der Waals surface area contributed by atoms with Crippen molar-refractivity contribution in [3.05, 3.63) is 186 Å². The highest BCUT2D eigenvalue weighted by molar-refractivity contribution is 6.75. The molecule has 26 heteroatoms. The van der Waals surface area contributed by atoms with Gasteiger partial charge in [-0.3, -0.25) is 19.2 Å². The van der Waals surface area contributed by atoms with Crippen molar-refractivity contribution in [1.82, 2.24) is 25.3 Å². The zero-order valence-corrected chi connectivity index (χ0v) is 96.0. The molecule has 0 radical (unpaired) electrons. The number of carboxylic acids is 1. The SMILES string of the molecule is CC(=O)O.CC(C)(C)c1cn(-c2ccc(C[C@H](N)CO)cc2)cn1.CCOC(OCC)OCC.C[C@H](CO[Si](C)(C)C(C)(C)C)Cc1ccc(-n2cnc(C(C)(C)C)c2)cc1.C[C@H](CO[Si](C)(C)C(C)(C)C)Cc1ccc(N(C=O)CC(=O)C(C)(C)C)cc1.C[C@H](CO[Si](C)(C)C(C)(C)C)Cc1ccc(N)cc1.C[C@H](CO[Si](C)(C)C(C)(C)C)Cc1ccc(NCC(=O)C(C)(C)C)cc1.N. The number of nitrogens with two attached hydrogens (primary N) is 2. The molecule has 766 valence electrons. The maximum Gasteiger partial charge on any atom is 0.300 e. The average molecular weight is 1950 g/mol. The number of aliphatic carboxylic acids is 1. The van der Waals surface area contributed by atoms with Crippen LogP contribution in [0.4, 0.5) is 17.1 Å². The summed E-state index contributed by atoms with van der Waals surface area (Å²) in [5, 5.41) is 20.6. The van der Waals surface area contributed by atoms with E-state index in [9.17, 15) is 14.4 Å². The Morgan fingerprint density at radius 1 is 0.444 bits per heavy atom. The average Bonchev–Trinajstić information content (AvgIpc) is 1.76. The van der Waals surface area contributed by atoms with Crippen LogP contribution in [-0.2, 0) is 94.0 Å². The zero-order chi connectivity index (χ0) is 103. The lowest BCUT2D eigenvalue weighted by atomic mass is 9.90. The second kappa shape index (κ2) is 57.6. The molecule has 7 rings (SSSR count). The largest absolute Gasteiger partial charge is 0.481 e. The Labute approximate surface area is 824 Å². The standard InChI is InChI=1S/C23H38N2OSi.C23H39NO3Si.C22H39NO2Si.C16H23N3O.C16H29NOSi.C7H16O3.C2H4O2.H3N/c1-18(16-26-27(8,9)23(5,6)7)14-19-10-12-20(13-11-19)25-15-21(24-17-25)22(2,3)4;1-18(16-27-28(8,9)23(5,6)7)14-19-10-12-20(13-11-19)24(17-25)15-21(26)22(2,3)4;1-17(16-25-26(8,9)22(5,6)7)14-18-10-12-19(13-11-18)23-15-20(24)21(2,3)4;1-16(2,3)15-9-19(11-18-15)14-6-4-12(5-7-14)8-13(17)10-20;1-13(11-14-7-9-15(17)10-8-14)12-18-19(5,6)16(2,3)4;1-4-8-7(9-5-2)10-6-3;1-2(3)4;/h10-13,15,17-18H,14,16H2,1-9H3;10-13,17-18H,14-16H2,1-9H3;10-13,17,23H,14-16H2,1-9H3;4-7,9,11,13,20H,8,10,17H2,1-3H3;7-10,13H,11-12,17H2,1-6H3;7H,4-6H2,1-3H3;1H3,(H,3,4);1H3/t2*18-;17-;2*13-;;;/m00000.../s1. The number of carbonyl (C=O) groups excluding carboxylic acids is 3. The molecule has 10 N–H and O–H groups in total. The number of amides is 1. The van der Waals surface area contributed by atoms with E-state index in [1.807, 2.05) is 140 Å². The van der Waals surface area contributed by atoms with Crippen LogP contribution in [0.15, 0.2) is 146 Å². The molecule has 0 unspecified atom stereocenters. The van der Waals surface area contributed by atoms with E-state index >= 15 is 0 Å². The summed E-state index contributed by atoms with van der Waals surface area (Å²) in [7, 11) is -6.67. The fraction of sp³-hybridized carbons (Fsp3) is 0.633. The summed E-state index contributed by atoms with van der Waals surface area (Å²) in [5.74, 6) is 1.40. The van der Waals surface area contributed by atoms with E-state index in [4.69, 9.17) is 58.4 Å². The summed E-state index contributed by atoms with van der Waals surface area (Å²) < 4.78 is 44.7. The Kier molecular flexibility index (Phi) is 54.5. The summed E-state index contributed by atoms with van der Waals surface area (Å²) in [4.78, 5) is 55.2. The van der Waals surface area contributed by atoms with Gasteiger partial charge in [0.2, 0.25) is 6.41 Å². The summed E-state index contributed by atoms with van der Waals surface area (Å²) in [6, 6.07) is 41.3. The molecule has 1 amide bonds. The first-order chi connectivity index (χ1) is 61.3. The van der Waals surface area contributed by atoms with Crippen molar-refractivity contribution in [3.63, 3.8) is 0 Å². The molecule has 0 saturated carbocycles. The van der Waals surface area contributed by atoms with Gasteiger partial charge in [-0.2, -0.15) is 0 Å². The number of hydrogen-bond donors (Lipinski definition) is 6. The number of aliphatic hydroxyl groups is 1. The highest BCUT2D eigenvalue weighted by Gasteiger charge is 2.41. The Bertz CT molecular complexity index is 4440. The van der Waals surface area contributed by atoms with Crippen LogP contribution in [-0.4, -0.2) is 165 Å². The van der Waals surface area contributed by atoms with Crippen molar-refractivity contribution in [3.8, 4) is 11.4 Å². The molecule has 5 atom stereocenters. The molecule has 135 heavy (non-hydrogen) atoms. The van der Waals surface area contributed by atoms with Gasteiger partial charge in [0, 0.05) is 122 Å². The van der Waals surface area contributed by atoms with Crippen LogP contribution < -0.4 is 27.8 Å². The topological polar surface area (TPSA) is 311 Å². The van der Waals surface area contributed by atoms with Crippen LogP contribution in [0.5, 0.6) is 0 Å². The molecule has 0 saturated heterocycles. The number of aliphatic hydroxyl groups excluding tert-OH is 1. The predicted molar refractivity (Wildman–Crippen MR) is 579 cm³/mol. The molecule has 0 fully saturated rings. The molecule has 0 bridgehead atoms. The smallest absolute Gasteiger partial charge is 0.300 e. The number of Topliss-reactive ketones (excluding diaryl/α,β-unsaturated/α-hetero) is 2. The van der Waals surface area contributed by atoms with Gasteiger partial charge in [-0.05, 0) is 238 Å². The third-order valence-electron chi connectivity index (χ3n) is 25.1. The fourth-order valence-corrected chi connectivity index (χ4v) is 16.1. The molecule has 0 aliphatic rings. The van der Waals surface area contributed by atoms with Crippen LogP contribution in [0.25, 0.3) is 11.4 Å². The quantitative estimate of drug-likeness (QED) is 0.00906. The van der Waals surface area contributed by atoms with Gasteiger partial charge in [0.15, 0.2) is 44.8 Å². The minimum Gasteiger partial charge on any atom is -0.481 e. The van der Waals surface area contributed by atoms with Crippen molar-refractivity contribution >= 4 is 74.3 Å². The molecule has 22 nitrogen and oxygen atoms in total. The lowest BCUT2D eigenvalue weighted by Gasteiger charge is -2.37. The molecule has 2 aromatic heterocycles. The van der Waals surface area contributed by atoms with Gasteiger partial charge in [-0.15, -0.1) is 0 Å². The fourth-order valence-electron chi connectivity index (χ4n) is 11.6. The van der Waals surface area contributed by atoms with E-state index in [-0.39, 0.29) is 73.3 Å². The van der Waals surface area contributed by atoms with Crippen molar-refractivity contribution in [2.24, 2.45) is 40.2 Å². The summed E-state index contributed by atoms with van der Waals surface area (Å²) in [6.07, 6.45) is 13.4. The predicted octanol–water partition coefficient (Wildman–Crippen LogP) is 25.9. The number of aromatic nitrogens is 4. The van der Waals surface area contributed by atoms with Gasteiger partial charge in [0.1, 0.15) is 0 Å². The third-order valence-corrected chi connectivity index (χ3v) is 43.1. The molecule has 0 aliphatic carbocycles. The third kappa shape index (κ3) is 50.0. The van der Waals surface area contributed by atoms with Gasteiger partial charge in [-0.25, -0.2) is 9.97 Å². The van der Waals surface area contributed by atoms with Crippen LogP contribution in [0.2, 0.25) is 72.5 Å². The Balaban J connectivity index is 0.00000161. The first-order valence-electron chi connectivity index (χ1n) is 48.6. The highest BCUT2D eigenvalue weighted by atomic mass is 28.4. The Morgan fingerprint density at radius 2 is 0.711 bits per heavy atom. The van der Waals surface area contributed by atoms with Crippen LogP contribution >= 0.6 is 0 Å². The number of ether oxygens (including phenoxy) is 3. The van der Waals surface area contributed by atoms with Crippen LogP contribution in [0, 0.1) is 34.5 Å². The highest BCUT2D eigenvalue weighted by Crippen LogP contribution is 2.41. The number of hydrogen-bond acceptors (Lipinski definition) is 18. The molecule has 0 aliphatic heterocycles. The van der Waals surface area contributed by atoms with Crippen molar-refractivity contribution in [2.75, 3.05) is 81.9 Å². The number of ketones is 2. The maximum absolute atomic E-state index is 12.2. The van der Waals surface area contributed by atoms with Crippen LogP contribution in [0.1, 0.15) is 261 Å². The monoisotopic (exact) mass is 1950 g/mol. The van der Waals surface area contributed by atoms with E-state index in [2.05, 4.69) is 298 Å². The number of anilines is 3. The van der Waals surface area contributed by atoms with Crippen LogP contribution in [0.3, 0.4) is 0 Å². The summed E-state index contributed by atoms with van der Waals surface area (Å²) in [5.41, 5.74) is 24.2. The maximum atomic E-state index is 12.2. The number of nitrogens with zero attached hydrogens (tertiary/aromatic N) is 5. The van der Waals surface area contributed by atoms with Crippen molar-refractivity contribution < 1.29 is 61.3 Å². The number of imidazole rings is 2. The second-order valence-electron chi connectivity index (χ2n) is 46.5. The molecular formula is C109H191N9O13Si4. The van der Waals surface area contributed by atoms with Gasteiger partial charge in [-0.1, -0.05) is 255 Å². The minimum atomic E-state index is -1.72. The lowest BCUT2D eigenvalue weighted by Crippen LogP contribution is -2.41. The molecule has 5 aromatic carbocycles. The lowest BCUT2D eigenvalue weighted by molar-refractivity contribution is -0.282. The summed E-state index contributed by atoms with van der Waals surface area (Å²) in [6.45, 7) is 91.2. The summed E-state index contributed by atoms with van der Waals surface area (Å²) >= 11 is 0. The van der Waals surface area contributed by atoms with Gasteiger partial charge >= 0.3 is 0 Å². The van der Waals surface area contributed by atoms with E-state index in [0.29, 0.717) is 56.5 Å². The van der Waals surface area contributed by atoms with Crippen molar-refractivity contribution in [2.45, 2.75) is 350 Å². The Hall–Kier alpha value is -7.13. The van der Waals surface area contributed by atoms with E-state index in [1.165, 1.54) is 27.2 Å². The van der Waals surface area contributed by atoms with Gasteiger partial charge in [0.05, 0.1) is 43.7 Å². The number of nitrogen functional groups attached to an aromatic ring is 1. The molecular weight excluding hydrogens is 1760 g/mol. The second-order valence-corrected chi connectivity index (χ2v) is 65.8. The number of benzene rings is 5. The van der Waals surface area contributed by atoms with Crippen molar-refractivity contribution in [1.29, 1.82) is 0 Å². The minimum absolute atomic E-state index is 0. The number of carboxylic acid groups (broad SMARTS) is 1. The number of nitrogens with one attached hydrogen (secondary N) is 1. The Morgan fingerprint density at radius 3 is 0.956 bits per heavy atom. The molecule has 2 heterocycles. The first kappa shape index (κ1) is 128. The van der Waals surface area contributed by atoms with E-state index < -0.39 is 51.1 Å². The van der Waals surface area contributed by atoms with E-state index in [0.717, 1.165) is 111 Å². The number of carbonyl (C=O) groups is 4.